The Morgan fingerprint density at radius 3 is 2.54 bits per heavy atom. The van der Waals surface area contributed by atoms with Gasteiger partial charge >= 0.3 is 0 Å². The number of hydrogen-bond acceptors (Lipinski definition) is 3. The summed E-state index contributed by atoms with van der Waals surface area (Å²) >= 11 is 0. The third-order valence-corrected chi connectivity index (χ3v) is 1.70. The first-order valence-electron chi connectivity index (χ1n) is 3.41. The van der Waals surface area contributed by atoms with Crippen LogP contribution in [-0.2, 0) is 32.7 Å². The van der Waals surface area contributed by atoms with Crippen molar-refractivity contribution in [3.05, 3.63) is 23.0 Å². The molecule has 0 saturated carbocycles. The molecule has 1 aromatic heterocycles. The molecule has 0 unspecified atom stereocenters. The van der Waals surface area contributed by atoms with Gasteiger partial charge in [-0.1, -0.05) is 25.7 Å². The summed E-state index contributed by atoms with van der Waals surface area (Å²) in [6.07, 6.45) is 2.53. The molecule has 0 aliphatic rings. The van der Waals surface area contributed by atoms with Crippen molar-refractivity contribution in [2.24, 2.45) is 0 Å². The fraction of sp³-hybridized carbons (Fsp3) is 0.250. The van der Waals surface area contributed by atoms with Gasteiger partial charge < -0.3 is 15.8 Å². The zero-order valence-corrected chi connectivity index (χ0v) is 10.3. The average Bonchev–Trinajstić information content (AvgIpc) is 2.00. The maximum atomic E-state index is 10.5. The predicted molar refractivity (Wildman–Crippen MR) is 43.9 cm³/mol. The molecule has 0 aliphatic carbocycles. The summed E-state index contributed by atoms with van der Waals surface area (Å²) in [6, 6.07) is 0. The molecule has 1 radical (unpaired) electrons. The number of hydrogen-bond donors (Lipinski definition) is 2. The van der Waals surface area contributed by atoms with Crippen LogP contribution < -0.4 is 5.73 Å². The van der Waals surface area contributed by atoms with Crippen molar-refractivity contribution in [3.8, 4) is 0 Å². The van der Waals surface area contributed by atoms with Gasteiger partial charge in [-0.15, -0.1) is 11.1 Å². The summed E-state index contributed by atoms with van der Waals surface area (Å²) in [5.41, 5.74) is 7.18. The zero-order valence-electron chi connectivity index (χ0n) is 7.46. The normalized spacial score (nSPS) is 9.08. The van der Waals surface area contributed by atoms with Gasteiger partial charge in [0.05, 0.1) is 0 Å². The van der Waals surface area contributed by atoms with Crippen LogP contribution in [0.5, 0.6) is 0 Å². The Morgan fingerprint density at radius 2 is 2.08 bits per heavy atom. The molecule has 0 aromatic carbocycles. The molecular weight excluding hydrogens is 245 g/mol. The first-order chi connectivity index (χ1) is 5.54. The number of carboxylic acids is 1. The number of carboxylic acid groups (broad SMARTS) is 1. The summed E-state index contributed by atoms with van der Waals surface area (Å²) in [5.74, 6) is -1.07. The van der Waals surface area contributed by atoms with Crippen LogP contribution >= 0.6 is 0 Å². The van der Waals surface area contributed by atoms with E-state index < -0.39 is 5.97 Å². The van der Waals surface area contributed by atoms with E-state index in [0.717, 1.165) is 0 Å². The van der Waals surface area contributed by atoms with Crippen LogP contribution in [0.1, 0.15) is 21.6 Å². The Bertz CT molecular complexity index is 339. The summed E-state index contributed by atoms with van der Waals surface area (Å²) < 4.78 is 0. The van der Waals surface area contributed by atoms with Gasteiger partial charge in [0.2, 0.25) is 0 Å². The minimum atomic E-state index is -1.07. The van der Waals surface area contributed by atoms with Gasteiger partial charge in [-0.05, 0) is 0 Å². The number of aromatic nitrogens is 1. The van der Waals surface area contributed by atoms with Gasteiger partial charge in [-0.3, -0.25) is 4.79 Å². The van der Waals surface area contributed by atoms with Gasteiger partial charge in [0.15, 0.2) is 0 Å². The molecule has 67 valence electrons. The second-order valence-electron chi connectivity index (χ2n) is 2.54. The summed E-state index contributed by atoms with van der Waals surface area (Å²) in [6.45, 7) is 3.37. The Labute approximate surface area is 101 Å². The van der Waals surface area contributed by atoms with E-state index >= 15 is 0 Å². The molecule has 0 aliphatic heterocycles. The van der Waals surface area contributed by atoms with E-state index in [0.29, 0.717) is 16.8 Å². The van der Waals surface area contributed by atoms with Crippen LogP contribution in [0, 0.1) is 20.0 Å². The molecule has 1 heterocycles. The molecule has 0 saturated heterocycles. The predicted octanol–water partition coefficient (Wildman–Crippen LogP) is 0.777. The number of nitrogens with zero attached hydrogens (tertiary/aromatic N) is 1. The fourth-order valence-corrected chi connectivity index (χ4v) is 0.901. The first-order valence-corrected chi connectivity index (χ1v) is 3.41. The van der Waals surface area contributed by atoms with Crippen molar-refractivity contribution in [3.63, 3.8) is 0 Å². The Morgan fingerprint density at radius 1 is 1.54 bits per heavy atom. The standard InChI is InChI=1S/C8H9N2O2.Y/c1-4-3-10-7(8(11)12)5(2)6(4)9;/h1-2H3,(H2,9,10)(H,11,12);/q-1;. The summed E-state index contributed by atoms with van der Waals surface area (Å²) in [4.78, 5) is 14.2. The quantitative estimate of drug-likeness (QED) is 0.726. The fourth-order valence-electron chi connectivity index (χ4n) is 0.901. The Balaban J connectivity index is 0.00000144. The van der Waals surface area contributed by atoms with Gasteiger partial charge in [-0.25, -0.2) is 0 Å². The van der Waals surface area contributed by atoms with Crippen LogP contribution in [0.2, 0.25) is 0 Å². The maximum absolute atomic E-state index is 10.5. The average molecular weight is 254 g/mol. The monoisotopic (exact) mass is 254 g/mol. The molecule has 1 aromatic rings. The van der Waals surface area contributed by atoms with Gasteiger partial charge in [-0.2, -0.15) is 0 Å². The summed E-state index contributed by atoms with van der Waals surface area (Å²) in [7, 11) is 0. The number of aryl methyl sites for hydroxylation is 1. The number of anilines is 1. The largest absolute Gasteiger partial charge is 0.486 e. The maximum Gasteiger partial charge on any atom is 0.296 e. The van der Waals surface area contributed by atoms with Crippen molar-refractivity contribution >= 4 is 11.7 Å². The van der Waals surface area contributed by atoms with Crippen LogP contribution in [0.4, 0.5) is 5.69 Å². The van der Waals surface area contributed by atoms with Crippen molar-refractivity contribution in [1.82, 2.24) is 4.98 Å². The minimum absolute atomic E-state index is 0. The van der Waals surface area contributed by atoms with Crippen molar-refractivity contribution < 1.29 is 42.6 Å². The molecule has 0 bridgehead atoms. The van der Waals surface area contributed by atoms with Crippen LogP contribution in [-0.4, -0.2) is 16.1 Å². The molecule has 0 fully saturated rings. The molecule has 0 amide bonds. The van der Waals surface area contributed by atoms with E-state index in [1.54, 1.807) is 13.8 Å². The van der Waals surface area contributed by atoms with Crippen molar-refractivity contribution in [1.29, 1.82) is 0 Å². The topological polar surface area (TPSA) is 76.2 Å². The van der Waals surface area contributed by atoms with E-state index in [1.165, 1.54) is 0 Å². The third-order valence-electron chi connectivity index (χ3n) is 1.70. The molecule has 13 heavy (non-hydrogen) atoms. The van der Waals surface area contributed by atoms with Crippen LogP contribution in [0.25, 0.3) is 0 Å². The van der Waals surface area contributed by atoms with E-state index in [2.05, 4.69) is 11.2 Å². The number of nitrogen functional groups attached to an aromatic ring is 1. The third kappa shape index (κ3) is 2.48. The van der Waals surface area contributed by atoms with Crippen molar-refractivity contribution in [2.45, 2.75) is 13.8 Å². The molecular formula is C8H9N2O2Y-. The number of aromatic carboxylic acids is 1. The van der Waals surface area contributed by atoms with E-state index in [4.69, 9.17) is 10.8 Å². The second-order valence-corrected chi connectivity index (χ2v) is 2.54. The van der Waals surface area contributed by atoms with Crippen LogP contribution in [0.3, 0.4) is 0 Å². The van der Waals surface area contributed by atoms with Gasteiger partial charge in [0.1, 0.15) is 0 Å². The first kappa shape index (κ1) is 12.5. The molecule has 0 spiro atoms. The molecule has 3 N–H and O–H groups in total. The van der Waals surface area contributed by atoms with Gasteiger partial charge in [0.25, 0.3) is 5.97 Å². The van der Waals surface area contributed by atoms with E-state index in [1.807, 2.05) is 0 Å². The molecule has 0 atom stereocenters. The Hall–Kier alpha value is -0.476. The number of carbonyl (C=O) groups is 1. The van der Waals surface area contributed by atoms with E-state index in [9.17, 15) is 4.79 Å². The molecule has 5 heteroatoms. The van der Waals surface area contributed by atoms with Gasteiger partial charge in [0, 0.05) is 38.4 Å². The SMILES string of the molecule is Cc1[c-]nc(C(=O)O)c(C)c1N.[Y]. The minimum Gasteiger partial charge on any atom is -0.486 e. The zero-order chi connectivity index (χ0) is 9.30. The summed E-state index contributed by atoms with van der Waals surface area (Å²) in [5, 5.41) is 8.64. The second kappa shape index (κ2) is 4.67. The smallest absolute Gasteiger partial charge is 0.296 e. The van der Waals surface area contributed by atoms with E-state index in [-0.39, 0.29) is 38.4 Å². The number of rotatable bonds is 1. The van der Waals surface area contributed by atoms with Crippen LogP contribution in [0.15, 0.2) is 0 Å². The van der Waals surface area contributed by atoms with Crippen molar-refractivity contribution in [2.75, 3.05) is 5.73 Å². The number of pyridine rings is 1. The Kier molecular flexibility index (Phi) is 4.50. The molecule has 1 rings (SSSR count). The molecule has 4 nitrogen and oxygen atoms in total. The number of nitrogens with two attached hydrogens (primary N) is 1.